The van der Waals surface area contributed by atoms with Gasteiger partial charge in [0.1, 0.15) is 0 Å². The smallest absolute Gasteiger partial charge is 0.269 e. The first-order valence-corrected chi connectivity index (χ1v) is 10.5. The molecule has 0 amide bonds. The SMILES string of the molecule is CN(C)c1ccc(C(CC(=O)c2ccc([N+](=O)[O-])cc2)C2C(=O)c3ccccc3C2=O)cc1. The van der Waals surface area contributed by atoms with Gasteiger partial charge >= 0.3 is 0 Å². The molecule has 0 heterocycles. The maximum atomic E-state index is 13.2. The zero-order valence-corrected chi connectivity index (χ0v) is 18.2. The number of carbonyl (C=O) groups excluding carboxylic acids is 3. The van der Waals surface area contributed by atoms with Crippen molar-refractivity contribution in [2.24, 2.45) is 5.92 Å². The molecule has 0 N–H and O–H groups in total. The van der Waals surface area contributed by atoms with Gasteiger partial charge < -0.3 is 4.90 Å². The summed E-state index contributed by atoms with van der Waals surface area (Å²) in [7, 11) is 3.82. The lowest BCUT2D eigenvalue weighted by molar-refractivity contribution is -0.384. The number of nitro benzene ring substituents is 1. The third kappa shape index (κ3) is 4.17. The highest BCUT2D eigenvalue weighted by molar-refractivity contribution is 6.27. The first-order valence-electron chi connectivity index (χ1n) is 10.5. The molecule has 3 aromatic rings. The monoisotopic (exact) mass is 442 g/mol. The van der Waals surface area contributed by atoms with Gasteiger partial charge in [0.15, 0.2) is 17.3 Å². The Hall–Kier alpha value is -4.13. The molecular weight excluding hydrogens is 420 g/mol. The molecule has 0 bridgehead atoms. The summed E-state index contributed by atoms with van der Waals surface area (Å²) in [4.78, 5) is 51.9. The molecule has 1 aliphatic carbocycles. The predicted molar refractivity (Wildman–Crippen MR) is 124 cm³/mol. The van der Waals surface area contributed by atoms with E-state index in [0.29, 0.717) is 16.7 Å². The predicted octanol–water partition coefficient (Wildman–Crippen LogP) is 4.71. The van der Waals surface area contributed by atoms with Crippen molar-refractivity contribution in [2.75, 3.05) is 19.0 Å². The molecule has 0 saturated heterocycles. The number of hydrogen-bond acceptors (Lipinski definition) is 6. The van der Waals surface area contributed by atoms with Crippen LogP contribution in [-0.4, -0.2) is 36.4 Å². The average molecular weight is 442 g/mol. The van der Waals surface area contributed by atoms with E-state index >= 15 is 0 Å². The van der Waals surface area contributed by atoms with Crippen molar-refractivity contribution in [3.63, 3.8) is 0 Å². The van der Waals surface area contributed by atoms with Crippen molar-refractivity contribution >= 4 is 28.7 Å². The molecule has 166 valence electrons. The van der Waals surface area contributed by atoms with Gasteiger partial charge in [0.05, 0.1) is 10.8 Å². The first kappa shape index (κ1) is 22.1. The Labute approximate surface area is 190 Å². The molecular formula is C26H22N2O5. The summed E-state index contributed by atoms with van der Waals surface area (Å²) in [5, 5.41) is 10.9. The Bertz CT molecular complexity index is 1210. The lowest BCUT2D eigenvalue weighted by atomic mass is 9.79. The average Bonchev–Trinajstić information content (AvgIpc) is 3.07. The third-order valence-electron chi connectivity index (χ3n) is 6.07. The summed E-state index contributed by atoms with van der Waals surface area (Å²) in [5.41, 5.74) is 2.61. The summed E-state index contributed by atoms with van der Waals surface area (Å²) < 4.78 is 0. The third-order valence-corrected chi connectivity index (χ3v) is 6.07. The van der Waals surface area contributed by atoms with E-state index in [1.54, 1.807) is 24.3 Å². The normalized spacial score (nSPS) is 14.1. The first-order chi connectivity index (χ1) is 15.8. The molecule has 33 heavy (non-hydrogen) atoms. The summed E-state index contributed by atoms with van der Waals surface area (Å²) in [6.45, 7) is 0. The lowest BCUT2D eigenvalue weighted by Gasteiger charge is -2.22. The molecule has 0 radical (unpaired) electrons. The van der Waals surface area contributed by atoms with Crippen molar-refractivity contribution in [2.45, 2.75) is 12.3 Å². The Morgan fingerprint density at radius 3 is 1.94 bits per heavy atom. The van der Waals surface area contributed by atoms with Gasteiger partial charge in [0.2, 0.25) is 0 Å². The van der Waals surface area contributed by atoms with Crippen LogP contribution in [0.1, 0.15) is 49.0 Å². The van der Waals surface area contributed by atoms with E-state index in [4.69, 9.17) is 0 Å². The second-order valence-corrected chi connectivity index (χ2v) is 8.28. The number of benzene rings is 3. The highest BCUT2D eigenvalue weighted by atomic mass is 16.6. The molecule has 7 heteroatoms. The fraction of sp³-hybridized carbons (Fsp3) is 0.192. The zero-order valence-electron chi connectivity index (χ0n) is 18.2. The van der Waals surface area contributed by atoms with Crippen LogP contribution in [0.5, 0.6) is 0 Å². The summed E-state index contributed by atoms with van der Waals surface area (Å²) in [6.07, 6.45) is -0.0741. The van der Waals surface area contributed by atoms with Crippen LogP contribution in [-0.2, 0) is 0 Å². The molecule has 1 atom stereocenters. The van der Waals surface area contributed by atoms with Crippen LogP contribution in [0, 0.1) is 16.0 Å². The number of fused-ring (bicyclic) bond motifs is 1. The van der Waals surface area contributed by atoms with Gasteiger partial charge in [0.25, 0.3) is 5.69 Å². The molecule has 0 saturated carbocycles. The number of hydrogen-bond donors (Lipinski definition) is 0. The quantitative estimate of drug-likeness (QED) is 0.227. The number of anilines is 1. The second kappa shape index (κ2) is 8.78. The number of nitrogens with zero attached hydrogens (tertiary/aromatic N) is 2. The second-order valence-electron chi connectivity index (χ2n) is 8.28. The number of rotatable bonds is 7. The maximum Gasteiger partial charge on any atom is 0.269 e. The number of carbonyl (C=O) groups is 3. The topological polar surface area (TPSA) is 97.6 Å². The molecule has 7 nitrogen and oxygen atoms in total. The van der Waals surface area contributed by atoms with Gasteiger partial charge in [0, 0.05) is 60.9 Å². The summed E-state index contributed by atoms with van der Waals surface area (Å²) >= 11 is 0. The Balaban J connectivity index is 1.70. The van der Waals surface area contributed by atoms with Crippen molar-refractivity contribution in [1.82, 2.24) is 0 Å². The lowest BCUT2D eigenvalue weighted by Crippen LogP contribution is -2.26. The highest BCUT2D eigenvalue weighted by Gasteiger charge is 2.44. The van der Waals surface area contributed by atoms with Gasteiger partial charge in [-0.1, -0.05) is 36.4 Å². The minimum absolute atomic E-state index is 0.0741. The maximum absolute atomic E-state index is 13.2. The van der Waals surface area contributed by atoms with E-state index in [1.165, 1.54) is 24.3 Å². The van der Waals surface area contributed by atoms with Gasteiger partial charge in [-0.25, -0.2) is 0 Å². The van der Waals surface area contributed by atoms with Crippen LogP contribution >= 0.6 is 0 Å². The Morgan fingerprint density at radius 1 is 0.909 bits per heavy atom. The fourth-order valence-electron chi connectivity index (χ4n) is 4.27. The molecule has 0 fully saturated rings. The molecule has 1 aliphatic rings. The van der Waals surface area contributed by atoms with E-state index in [0.717, 1.165) is 11.3 Å². The zero-order chi connectivity index (χ0) is 23.7. The fourth-order valence-corrected chi connectivity index (χ4v) is 4.27. The van der Waals surface area contributed by atoms with Crippen LogP contribution in [0.4, 0.5) is 11.4 Å². The van der Waals surface area contributed by atoms with Crippen molar-refractivity contribution < 1.29 is 19.3 Å². The standard InChI is InChI=1S/C26H22N2O5/c1-27(2)18-11-7-16(8-12-18)22(15-23(29)17-9-13-19(14-10-17)28(32)33)24-25(30)20-5-3-4-6-21(20)26(24)31/h3-14,22,24H,15H2,1-2H3. The highest BCUT2D eigenvalue weighted by Crippen LogP contribution is 2.39. The van der Waals surface area contributed by atoms with Crippen LogP contribution in [0.3, 0.4) is 0 Å². The van der Waals surface area contributed by atoms with E-state index in [2.05, 4.69) is 0 Å². The van der Waals surface area contributed by atoms with E-state index in [9.17, 15) is 24.5 Å². The minimum atomic E-state index is -0.991. The largest absolute Gasteiger partial charge is 0.378 e. The number of ketones is 3. The van der Waals surface area contributed by atoms with Gasteiger partial charge in [-0.2, -0.15) is 0 Å². The molecule has 0 aliphatic heterocycles. The molecule has 0 spiro atoms. The molecule has 3 aromatic carbocycles. The van der Waals surface area contributed by atoms with E-state index in [-0.39, 0.29) is 29.5 Å². The number of non-ortho nitro benzene ring substituents is 1. The molecule has 4 rings (SSSR count). The molecule has 1 unspecified atom stereocenters. The Morgan fingerprint density at radius 2 is 1.45 bits per heavy atom. The summed E-state index contributed by atoms with van der Waals surface area (Å²) in [6, 6.07) is 19.5. The van der Waals surface area contributed by atoms with Crippen LogP contribution in [0.15, 0.2) is 72.8 Å². The van der Waals surface area contributed by atoms with Crippen LogP contribution in [0.2, 0.25) is 0 Å². The van der Waals surface area contributed by atoms with Gasteiger partial charge in [-0.05, 0) is 29.8 Å². The van der Waals surface area contributed by atoms with E-state index < -0.39 is 16.8 Å². The molecule has 0 aromatic heterocycles. The van der Waals surface area contributed by atoms with Gasteiger partial charge in [-0.3, -0.25) is 24.5 Å². The minimum Gasteiger partial charge on any atom is -0.378 e. The van der Waals surface area contributed by atoms with Gasteiger partial charge in [-0.15, -0.1) is 0 Å². The summed E-state index contributed by atoms with van der Waals surface area (Å²) in [5.74, 6) is -2.50. The van der Waals surface area contributed by atoms with Crippen molar-refractivity contribution in [3.8, 4) is 0 Å². The van der Waals surface area contributed by atoms with E-state index in [1.807, 2.05) is 43.3 Å². The van der Waals surface area contributed by atoms with Crippen LogP contribution < -0.4 is 4.90 Å². The van der Waals surface area contributed by atoms with Crippen LogP contribution in [0.25, 0.3) is 0 Å². The van der Waals surface area contributed by atoms with Crippen molar-refractivity contribution in [3.05, 3.63) is 105 Å². The van der Waals surface area contributed by atoms with Crippen molar-refractivity contribution in [1.29, 1.82) is 0 Å². The number of Topliss-reactive ketones (excluding diaryl/α,β-unsaturated/α-hetero) is 3. The number of nitro groups is 1. The Kier molecular flexibility index (Phi) is 5.87.